The number of ether oxygens (including phenoxy) is 1. The number of aryl methyl sites for hydroxylation is 2. The molecule has 0 aliphatic carbocycles. The first-order chi connectivity index (χ1) is 15.5. The Balaban J connectivity index is 2.82. The van der Waals surface area contributed by atoms with Gasteiger partial charge in [-0.3, -0.25) is 4.79 Å². The molecule has 188 valence electrons. The first-order valence-electron chi connectivity index (χ1n) is 12.0. The van der Waals surface area contributed by atoms with Crippen molar-refractivity contribution in [2.75, 3.05) is 13.2 Å². The van der Waals surface area contributed by atoms with Gasteiger partial charge in [0.2, 0.25) is 0 Å². The Morgan fingerprint density at radius 3 is 1.53 bits per heavy atom. The molecular formula is C29H42O5. The van der Waals surface area contributed by atoms with Gasteiger partial charge in [-0.05, 0) is 77.8 Å². The van der Waals surface area contributed by atoms with Crippen LogP contribution in [0.15, 0.2) is 24.3 Å². The lowest BCUT2D eigenvalue weighted by molar-refractivity contribution is -0.148. The lowest BCUT2D eigenvalue weighted by Crippen LogP contribution is -2.37. The van der Waals surface area contributed by atoms with Crippen molar-refractivity contribution >= 4 is 5.97 Å². The Bertz CT molecular complexity index is 968. The second-order valence-electron chi connectivity index (χ2n) is 11.6. The number of aliphatic hydroxyl groups is 1. The fourth-order valence-electron chi connectivity index (χ4n) is 4.21. The summed E-state index contributed by atoms with van der Waals surface area (Å²) in [6.45, 7) is 17.9. The summed E-state index contributed by atoms with van der Waals surface area (Å²) in [5.74, 6) is 0.0553. The first kappa shape index (κ1) is 27.7. The van der Waals surface area contributed by atoms with Crippen molar-refractivity contribution in [3.05, 3.63) is 57.6 Å². The number of carbonyl (C=O) groups excluding carboxylic acids is 1. The Morgan fingerprint density at radius 1 is 0.765 bits per heavy atom. The molecule has 34 heavy (non-hydrogen) atoms. The predicted octanol–water partition coefficient (Wildman–Crippen LogP) is 5.93. The van der Waals surface area contributed by atoms with E-state index in [1.807, 2.05) is 86.6 Å². The topological polar surface area (TPSA) is 87.0 Å². The number of unbranched alkanes of at least 4 members (excludes halogenated alkanes) is 1. The molecule has 0 aliphatic heterocycles. The molecule has 0 fully saturated rings. The zero-order valence-corrected chi connectivity index (χ0v) is 22.3. The van der Waals surface area contributed by atoms with E-state index in [4.69, 9.17) is 9.84 Å². The van der Waals surface area contributed by atoms with Crippen LogP contribution in [0.4, 0.5) is 0 Å². The lowest BCUT2D eigenvalue weighted by Gasteiger charge is -2.33. The molecule has 0 spiro atoms. The molecule has 0 aromatic heterocycles. The summed E-state index contributed by atoms with van der Waals surface area (Å²) in [4.78, 5) is 13.7. The van der Waals surface area contributed by atoms with Crippen LogP contribution in [-0.2, 0) is 25.8 Å². The van der Waals surface area contributed by atoms with Gasteiger partial charge in [0.05, 0.1) is 6.61 Å². The van der Waals surface area contributed by atoms with Crippen molar-refractivity contribution < 1.29 is 24.9 Å². The smallest absolute Gasteiger partial charge is 0.320 e. The van der Waals surface area contributed by atoms with E-state index in [2.05, 4.69) is 0 Å². The van der Waals surface area contributed by atoms with Crippen molar-refractivity contribution in [1.82, 2.24) is 0 Å². The van der Waals surface area contributed by atoms with Crippen LogP contribution in [-0.4, -0.2) is 34.5 Å². The summed E-state index contributed by atoms with van der Waals surface area (Å²) in [5, 5.41) is 30.7. The van der Waals surface area contributed by atoms with E-state index in [0.29, 0.717) is 24.0 Å². The highest BCUT2D eigenvalue weighted by Crippen LogP contribution is 2.43. The summed E-state index contributed by atoms with van der Waals surface area (Å²) in [7, 11) is 0. The molecule has 0 aliphatic rings. The second-order valence-corrected chi connectivity index (χ2v) is 11.6. The van der Waals surface area contributed by atoms with Gasteiger partial charge in [0, 0.05) is 6.61 Å². The summed E-state index contributed by atoms with van der Waals surface area (Å²) in [6.07, 6.45) is 1.13. The van der Waals surface area contributed by atoms with Crippen LogP contribution in [0, 0.1) is 13.8 Å². The largest absolute Gasteiger partial charge is 0.507 e. The number of aromatic hydroxyl groups is 2. The predicted molar refractivity (Wildman–Crippen MR) is 137 cm³/mol. The molecule has 0 atom stereocenters. The minimum Gasteiger partial charge on any atom is -0.507 e. The molecule has 0 saturated heterocycles. The molecule has 2 aromatic rings. The van der Waals surface area contributed by atoms with E-state index in [0.717, 1.165) is 22.3 Å². The highest BCUT2D eigenvalue weighted by molar-refractivity contribution is 5.88. The number of aliphatic hydroxyl groups excluding tert-OH is 1. The van der Waals surface area contributed by atoms with Crippen molar-refractivity contribution in [1.29, 1.82) is 0 Å². The van der Waals surface area contributed by atoms with Crippen molar-refractivity contribution in [2.24, 2.45) is 0 Å². The number of phenolic OH excluding ortho intramolecular Hbond substituents is 2. The monoisotopic (exact) mass is 470 g/mol. The molecule has 0 saturated carbocycles. The Kier molecular flexibility index (Phi) is 8.14. The van der Waals surface area contributed by atoms with Crippen molar-refractivity contribution in [3.8, 4) is 11.5 Å². The van der Waals surface area contributed by atoms with Crippen LogP contribution in [0.3, 0.4) is 0 Å². The fourth-order valence-corrected chi connectivity index (χ4v) is 4.21. The third kappa shape index (κ3) is 5.57. The molecule has 0 unspecified atom stereocenters. The molecule has 2 aromatic carbocycles. The minimum atomic E-state index is -1.17. The van der Waals surface area contributed by atoms with E-state index in [9.17, 15) is 15.0 Å². The minimum absolute atomic E-state index is 0.0486. The third-order valence-electron chi connectivity index (χ3n) is 6.57. The molecular weight excluding hydrogens is 428 g/mol. The third-order valence-corrected chi connectivity index (χ3v) is 6.57. The van der Waals surface area contributed by atoms with E-state index < -0.39 is 11.4 Å². The summed E-state index contributed by atoms with van der Waals surface area (Å²) in [5.41, 5.74) is 2.50. The number of rotatable bonds is 7. The maximum absolute atomic E-state index is 13.7. The Morgan fingerprint density at radius 2 is 1.18 bits per heavy atom. The zero-order valence-electron chi connectivity index (χ0n) is 22.3. The van der Waals surface area contributed by atoms with Crippen LogP contribution >= 0.6 is 0 Å². The van der Waals surface area contributed by atoms with E-state index in [1.54, 1.807) is 0 Å². The van der Waals surface area contributed by atoms with Gasteiger partial charge in [0.25, 0.3) is 0 Å². The number of esters is 1. The fraction of sp³-hybridized carbons (Fsp3) is 0.552. The highest BCUT2D eigenvalue weighted by atomic mass is 16.5. The molecule has 0 heterocycles. The molecule has 2 rings (SSSR count). The summed E-state index contributed by atoms with van der Waals surface area (Å²) < 4.78 is 5.73. The lowest BCUT2D eigenvalue weighted by atomic mass is 9.71. The molecule has 5 heteroatoms. The second kappa shape index (κ2) is 9.99. The number of benzene rings is 2. The first-order valence-corrected chi connectivity index (χ1v) is 12.0. The van der Waals surface area contributed by atoms with Gasteiger partial charge in [-0.1, -0.05) is 65.8 Å². The Labute approximate surface area is 204 Å². The van der Waals surface area contributed by atoms with Crippen LogP contribution in [0.5, 0.6) is 11.5 Å². The van der Waals surface area contributed by atoms with E-state index >= 15 is 0 Å². The Hall–Kier alpha value is -2.53. The van der Waals surface area contributed by atoms with Crippen molar-refractivity contribution in [2.45, 2.75) is 91.4 Å². The standard InChI is InChI=1S/C29H42O5/c1-18-14-20(16-22(24(18)31)27(3,4)5)29(9,26(33)34-13-11-10-12-30)21-15-19(2)25(32)23(17-21)28(6,7)8/h14-17,30-32H,10-13H2,1-9H3. The van der Waals surface area contributed by atoms with Gasteiger partial charge >= 0.3 is 5.97 Å². The normalized spacial score (nSPS) is 12.6. The summed E-state index contributed by atoms with van der Waals surface area (Å²) >= 11 is 0. The van der Waals surface area contributed by atoms with Gasteiger partial charge in [0.15, 0.2) is 0 Å². The molecule has 0 radical (unpaired) electrons. The molecule has 0 amide bonds. The van der Waals surface area contributed by atoms with Crippen LogP contribution < -0.4 is 0 Å². The maximum atomic E-state index is 13.7. The zero-order chi connectivity index (χ0) is 26.1. The molecule has 3 N–H and O–H groups in total. The number of hydrogen-bond acceptors (Lipinski definition) is 5. The van der Waals surface area contributed by atoms with Gasteiger partial charge in [0.1, 0.15) is 16.9 Å². The van der Waals surface area contributed by atoms with Crippen LogP contribution in [0.25, 0.3) is 0 Å². The van der Waals surface area contributed by atoms with Crippen molar-refractivity contribution in [3.63, 3.8) is 0 Å². The SMILES string of the molecule is Cc1cc(C(C)(C(=O)OCCCCO)c2cc(C)c(O)c(C(C)(C)C)c2)cc(C(C)(C)C)c1O. The van der Waals surface area contributed by atoms with Gasteiger partial charge in [-0.15, -0.1) is 0 Å². The van der Waals surface area contributed by atoms with Gasteiger partial charge < -0.3 is 20.1 Å². The maximum Gasteiger partial charge on any atom is 0.320 e. The van der Waals surface area contributed by atoms with Crippen LogP contribution in [0.1, 0.15) is 94.7 Å². The van der Waals surface area contributed by atoms with Gasteiger partial charge in [-0.25, -0.2) is 0 Å². The van der Waals surface area contributed by atoms with E-state index in [-0.39, 0.29) is 35.5 Å². The quantitative estimate of drug-likeness (QED) is 0.345. The number of phenols is 2. The average molecular weight is 471 g/mol. The van der Waals surface area contributed by atoms with E-state index in [1.165, 1.54) is 0 Å². The highest BCUT2D eigenvalue weighted by Gasteiger charge is 2.41. The van der Waals surface area contributed by atoms with Gasteiger partial charge in [-0.2, -0.15) is 0 Å². The van der Waals surface area contributed by atoms with Crippen LogP contribution in [0.2, 0.25) is 0 Å². The number of hydrogen-bond donors (Lipinski definition) is 3. The molecule has 5 nitrogen and oxygen atoms in total. The number of carbonyl (C=O) groups is 1. The summed E-state index contributed by atoms with van der Waals surface area (Å²) in [6, 6.07) is 7.49. The molecule has 0 bridgehead atoms. The average Bonchev–Trinajstić information content (AvgIpc) is 2.72.